The first kappa shape index (κ1) is 21.8. The Balaban J connectivity index is 1.66. The fourth-order valence-electron chi connectivity index (χ4n) is 3.65. The highest BCUT2D eigenvalue weighted by molar-refractivity contribution is 7.92. The van der Waals surface area contributed by atoms with Gasteiger partial charge in [0.25, 0.3) is 15.9 Å². The molecule has 2 aromatic heterocycles. The van der Waals surface area contributed by atoms with E-state index in [1.54, 1.807) is 44.4 Å². The molecule has 4 rings (SSSR count). The maximum absolute atomic E-state index is 12.7. The number of nitrogens with zero attached hydrogens (tertiary/aromatic N) is 4. The van der Waals surface area contributed by atoms with Crippen LogP contribution in [0.2, 0.25) is 0 Å². The summed E-state index contributed by atoms with van der Waals surface area (Å²) in [5, 5.41) is 6.47. The molecule has 0 atom stereocenters. The quantitative estimate of drug-likeness (QED) is 0.559. The van der Waals surface area contributed by atoms with Crippen LogP contribution in [0, 0.1) is 0 Å². The number of amides is 1. The van der Waals surface area contributed by atoms with Crippen molar-refractivity contribution < 1.29 is 17.9 Å². The van der Waals surface area contributed by atoms with E-state index in [1.807, 2.05) is 0 Å². The van der Waals surface area contributed by atoms with Crippen LogP contribution in [-0.4, -0.2) is 41.1 Å². The Labute approximate surface area is 186 Å². The second kappa shape index (κ2) is 8.95. The average molecular weight is 457 g/mol. The lowest BCUT2D eigenvalue weighted by atomic mass is 10.0. The van der Waals surface area contributed by atoms with E-state index < -0.39 is 10.0 Å². The number of anilines is 1. The van der Waals surface area contributed by atoms with Gasteiger partial charge in [0.1, 0.15) is 10.6 Å². The molecule has 0 aliphatic heterocycles. The van der Waals surface area contributed by atoms with E-state index >= 15 is 0 Å². The minimum atomic E-state index is -3.91. The molecule has 0 saturated heterocycles. The molecule has 1 amide bonds. The van der Waals surface area contributed by atoms with E-state index in [0.29, 0.717) is 11.3 Å². The highest BCUT2D eigenvalue weighted by Gasteiger charge is 2.23. The highest BCUT2D eigenvalue weighted by atomic mass is 32.2. The fraction of sp³-hybridized carbons (Fsp3) is 0.333. The standard InChI is InChI=1S/C21H24N6O4S/c1-22-20(28)15-8-5-9-16(10-15)31-19-11-18(14-6-3-4-7-14)24-21(25-19)26-32(29,30)17-12-23-27(2)13-17/h5,8-14H,3-4,6-7H2,1-2H3,(H,22,28)(H,24,25,26). The van der Waals surface area contributed by atoms with Crippen LogP contribution in [0.15, 0.2) is 47.6 Å². The van der Waals surface area contributed by atoms with Gasteiger partial charge in [0.05, 0.1) is 11.9 Å². The van der Waals surface area contributed by atoms with Crippen LogP contribution >= 0.6 is 0 Å². The Kier molecular flexibility index (Phi) is 6.08. The van der Waals surface area contributed by atoms with Gasteiger partial charge in [-0.25, -0.2) is 18.1 Å². The van der Waals surface area contributed by atoms with Crippen molar-refractivity contribution in [1.82, 2.24) is 25.1 Å². The number of ether oxygens (including phenoxy) is 1. The third-order valence-electron chi connectivity index (χ3n) is 5.26. The molecule has 1 aliphatic carbocycles. The summed E-state index contributed by atoms with van der Waals surface area (Å²) in [4.78, 5) is 20.6. The Hall–Kier alpha value is -3.47. The van der Waals surface area contributed by atoms with Gasteiger partial charge in [0.15, 0.2) is 0 Å². The smallest absolute Gasteiger partial charge is 0.267 e. The van der Waals surface area contributed by atoms with E-state index in [2.05, 4.69) is 25.1 Å². The molecule has 1 fully saturated rings. The van der Waals surface area contributed by atoms with Crippen LogP contribution in [0.1, 0.15) is 47.7 Å². The summed E-state index contributed by atoms with van der Waals surface area (Å²) in [7, 11) is -0.726. The summed E-state index contributed by atoms with van der Waals surface area (Å²) < 4.78 is 35.2. The molecule has 0 radical (unpaired) electrons. The normalized spacial score (nSPS) is 14.3. The van der Waals surface area contributed by atoms with E-state index in [4.69, 9.17) is 4.74 Å². The molecule has 32 heavy (non-hydrogen) atoms. The minimum Gasteiger partial charge on any atom is -0.439 e. The van der Waals surface area contributed by atoms with Crippen molar-refractivity contribution in [3.63, 3.8) is 0 Å². The molecule has 0 bridgehead atoms. The van der Waals surface area contributed by atoms with Gasteiger partial charge in [0, 0.05) is 37.8 Å². The first-order valence-electron chi connectivity index (χ1n) is 10.2. The Morgan fingerprint density at radius 1 is 1.19 bits per heavy atom. The molecule has 0 spiro atoms. The molecule has 168 valence electrons. The Bertz CT molecular complexity index is 1230. The molecular weight excluding hydrogens is 432 g/mol. The van der Waals surface area contributed by atoms with E-state index in [9.17, 15) is 13.2 Å². The van der Waals surface area contributed by atoms with Crippen LogP contribution in [-0.2, 0) is 17.1 Å². The zero-order valence-corrected chi connectivity index (χ0v) is 18.6. The lowest BCUT2D eigenvalue weighted by Crippen LogP contribution is -2.17. The number of benzene rings is 1. The van der Waals surface area contributed by atoms with Crippen molar-refractivity contribution in [2.45, 2.75) is 36.5 Å². The third kappa shape index (κ3) is 4.88. The number of aromatic nitrogens is 4. The van der Waals surface area contributed by atoms with Gasteiger partial charge in [-0.2, -0.15) is 10.1 Å². The monoisotopic (exact) mass is 456 g/mol. The van der Waals surface area contributed by atoms with Crippen LogP contribution in [0.25, 0.3) is 0 Å². The van der Waals surface area contributed by atoms with E-state index in [-0.39, 0.29) is 28.5 Å². The van der Waals surface area contributed by atoms with Gasteiger partial charge in [-0.05, 0) is 31.0 Å². The number of nitrogens with one attached hydrogen (secondary N) is 2. The van der Waals surface area contributed by atoms with E-state index in [1.165, 1.54) is 17.1 Å². The third-order valence-corrected chi connectivity index (χ3v) is 6.54. The number of carbonyl (C=O) groups is 1. The van der Waals surface area contributed by atoms with Crippen molar-refractivity contribution in [3.05, 3.63) is 54.0 Å². The number of sulfonamides is 1. The summed E-state index contributed by atoms with van der Waals surface area (Å²) >= 11 is 0. The SMILES string of the molecule is CNC(=O)c1cccc(Oc2cc(C3CCCC3)nc(NS(=O)(=O)c3cnn(C)c3)n2)c1. The van der Waals surface area contributed by atoms with Crippen molar-refractivity contribution >= 4 is 21.9 Å². The van der Waals surface area contributed by atoms with Crippen LogP contribution in [0.3, 0.4) is 0 Å². The number of carbonyl (C=O) groups excluding carboxylic acids is 1. The lowest BCUT2D eigenvalue weighted by Gasteiger charge is -2.14. The summed E-state index contributed by atoms with van der Waals surface area (Å²) in [5.74, 6) is 0.493. The second-order valence-electron chi connectivity index (χ2n) is 7.60. The number of hydrogen-bond donors (Lipinski definition) is 2. The van der Waals surface area contributed by atoms with Gasteiger partial charge < -0.3 is 10.1 Å². The largest absolute Gasteiger partial charge is 0.439 e. The summed E-state index contributed by atoms with van der Waals surface area (Å²) in [6, 6.07) is 8.39. The lowest BCUT2D eigenvalue weighted by molar-refractivity contribution is 0.0962. The zero-order valence-electron chi connectivity index (χ0n) is 17.8. The number of hydrogen-bond acceptors (Lipinski definition) is 7. The number of rotatable bonds is 7. The first-order chi connectivity index (χ1) is 15.3. The maximum Gasteiger partial charge on any atom is 0.267 e. The maximum atomic E-state index is 12.7. The van der Waals surface area contributed by atoms with Gasteiger partial charge in [-0.3, -0.25) is 9.48 Å². The second-order valence-corrected chi connectivity index (χ2v) is 9.28. The minimum absolute atomic E-state index is 0.00983. The van der Waals surface area contributed by atoms with Crippen LogP contribution in [0.5, 0.6) is 11.6 Å². The molecule has 2 heterocycles. The predicted octanol–water partition coefficient (Wildman–Crippen LogP) is 2.82. The molecule has 0 unspecified atom stereocenters. The molecule has 3 aromatic rings. The van der Waals surface area contributed by atoms with Gasteiger partial charge in [0.2, 0.25) is 11.8 Å². The van der Waals surface area contributed by atoms with Gasteiger partial charge in [-0.1, -0.05) is 18.9 Å². The fourth-order valence-corrected chi connectivity index (χ4v) is 4.58. The summed E-state index contributed by atoms with van der Waals surface area (Å²) in [6.45, 7) is 0. The molecule has 1 saturated carbocycles. The molecule has 11 heteroatoms. The average Bonchev–Trinajstić information content (AvgIpc) is 3.45. The molecule has 10 nitrogen and oxygen atoms in total. The predicted molar refractivity (Wildman–Crippen MR) is 117 cm³/mol. The highest BCUT2D eigenvalue weighted by Crippen LogP contribution is 2.35. The van der Waals surface area contributed by atoms with Crippen molar-refractivity contribution in [1.29, 1.82) is 0 Å². The molecular formula is C21H24N6O4S. The Morgan fingerprint density at radius 3 is 2.66 bits per heavy atom. The van der Waals surface area contributed by atoms with E-state index in [0.717, 1.165) is 31.4 Å². The Morgan fingerprint density at radius 2 is 1.97 bits per heavy atom. The molecule has 1 aromatic carbocycles. The van der Waals surface area contributed by atoms with Crippen LogP contribution < -0.4 is 14.8 Å². The van der Waals surface area contributed by atoms with Crippen LogP contribution in [0.4, 0.5) is 5.95 Å². The number of aryl methyl sites for hydroxylation is 1. The van der Waals surface area contributed by atoms with Crippen molar-refractivity contribution in [2.24, 2.45) is 7.05 Å². The van der Waals surface area contributed by atoms with Gasteiger partial charge >= 0.3 is 0 Å². The summed E-state index contributed by atoms with van der Waals surface area (Å²) in [6.07, 6.45) is 6.77. The zero-order chi connectivity index (χ0) is 22.7. The topological polar surface area (TPSA) is 128 Å². The van der Waals surface area contributed by atoms with Crippen molar-refractivity contribution in [2.75, 3.05) is 11.8 Å². The summed E-state index contributed by atoms with van der Waals surface area (Å²) in [5.41, 5.74) is 1.16. The van der Waals surface area contributed by atoms with Crippen molar-refractivity contribution in [3.8, 4) is 11.6 Å². The molecule has 2 N–H and O–H groups in total. The van der Waals surface area contributed by atoms with Gasteiger partial charge in [-0.15, -0.1) is 0 Å². The molecule has 1 aliphatic rings. The first-order valence-corrected chi connectivity index (χ1v) is 11.7.